The fourth-order valence-electron chi connectivity index (χ4n) is 7.23. The van der Waals surface area contributed by atoms with Gasteiger partial charge in [0.05, 0.1) is 17.3 Å². The first-order chi connectivity index (χ1) is 23.4. The molecule has 12 nitrogen and oxygen atoms in total. The largest absolute Gasteiger partial charge is 0.447 e. The third-order valence-electron chi connectivity index (χ3n) is 9.66. The molecule has 0 radical (unpaired) electrons. The van der Waals surface area contributed by atoms with Gasteiger partial charge in [-0.2, -0.15) is 19.0 Å². The summed E-state index contributed by atoms with van der Waals surface area (Å²) in [6.45, 7) is 10.3. The van der Waals surface area contributed by atoms with Gasteiger partial charge < -0.3 is 15.0 Å². The van der Waals surface area contributed by atoms with Crippen LogP contribution in [0.3, 0.4) is 0 Å². The molecule has 0 bridgehead atoms. The van der Waals surface area contributed by atoms with E-state index in [1.54, 1.807) is 23.1 Å². The summed E-state index contributed by atoms with van der Waals surface area (Å²) in [6.07, 6.45) is 9.91. The maximum Gasteiger partial charge on any atom is 0.409 e. The molecule has 3 atom stereocenters. The predicted octanol–water partition coefficient (Wildman–Crippen LogP) is 6.83. The Morgan fingerprint density at radius 2 is 1.94 bits per heavy atom. The van der Waals surface area contributed by atoms with Crippen LogP contribution in [0.5, 0.6) is 0 Å². The number of halogens is 3. The highest BCUT2D eigenvalue weighted by atomic mass is 35.5. The third kappa shape index (κ3) is 6.52. The van der Waals surface area contributed by atoms with Crippen molar-refractivity contribution in [2.75, 3.05) is 19.7 Å². The van der Waals surface area contributed by atoms with Gasteiger partial charge in [-0.05, 0) is 41.5 Å². The maximum atomic E-state index is 15.1. The van der Waals surface area contributed by atoms with Gasteiger partial charge in [-0.25, -0.2) is 14.5 Å². The molecule has 2 saturated heterocycles. The molecule has 2 amide bonds. The van der Waals surface area contributed by atoms with Crippen LogP contribution in [0.2, 0.25) is 5.02 Å². The van der Waals surface area contributed by atoms with Crippen LogP contribution in [-0.4, -0.2) is 78.0 Å². The molecule has 50 heavy (non-hydrogen) atoms. The van der Waals surface area contributed by atoms with Gasteiger partial charge in [-0.3, -0.25) is 20.2 Å². The zero-order chi connectivity index (χ0) is 36.2. The molecule has 15 heteroatoms. The highest BCUT2D eigenvalue weighted by Crippen LogP contribution is 2.50. The van der Waals surface area contributed by atoms with E-state index >= 15 is 4.79 Å². The van der Waals surface area contributed by atoms with Crippen LogP contribution in [-0.2, 0) is 9.53 Å². The van der Waals surface area contributed by atoms with E-state index in [4.69, 9.17) is 16.3 Å². The van der Waals surface area contributed by atoms with Crippen LogP contribution >= 0.6 is 11.6 Å². The van der Waals surface area contributed by atoms with E-state index in [1.807, 2.05) is 45.9 Å². The lowest BCUT2D eigenvalue weighted by atomic mass is 9.61. The van der Waals surface area contributed by atoms with E-state index in [2.05, 4.69) is 39.4 Å². The molecule has 4 heterocycles. The lowest BCUT2D eigenvalue weighted by molar-refractivity contribution is -0.138. The summed E-state index contributed by atoms with van der Waals surface area (Å²) in [5.74, 6) is -0.0709. The Labute approximate surface area is 294 Å². The number of rotatable bonds is 9. The number of hydrogen-bond donors (Lipinski definition) is 3. The molecule has 1 aromatic carbocycles. The Bertz CT molecular complexity index is 1860. The normalized spacial score (nSPS) is 23.9. The van der Waals surface area contributed by atoms with Gasteiger partial charge in [0.25, 0.3) is 5.91 Å². The fourth-order valence-corrected chi connectivity index (χ4v) is 7.43. The van der Waals surface area contributed by atoms with Gasteiger partial charge in [-0.1, -0.05) is 77.4 Å². The molecule has 3 aromatic rings. The number of likely N-dealkylation sites (tertiary alicyclic amines) is 1. The highest BCUT2D eigenvalue weighted by molar-refractivity contribution is 6.33. The van der Waals surface area contributed by atoms with Crippen LogP contribution in [0, 0.1) is 21.7 Å². The Morgan fingerprint density at radius 3 is 2.52 bits per heavy atom. The van der Waals surface area contributed by atoms with Gasteiger partial charge >= 0.3 is 12.6 Å². The average Bonchev–Trinajstić information content (AvgIpc) is 3.78. The van der Waals surface area contributed by atoms with Crippen LogP contribution in [0.15, 0.2) is 55.1 Å². The van der Waals surface area contributed by atoms with Crippen molar-refractivity contribution in [3.05, 3.63) is 71.3 Å². The second-order valence-corrected chi connectivity index (χ2v) is 16.0. The topological polar surface area (TPSA) is 145 Å². The molecule has 266 valence electrons. The highest BCUT2D eigenvalue weighted by Gasteiger charge is 2.61. The second-order valence-electron chi connectivity index (χ2n) is 15.6. The van der Waals surface area contributed by atoms with Crippen LogP contribution < -0.4 is 5.32 Å². The summed E-state index contributed by atoms with van der Waals surface area (Å²) in [5.41, 5.74) is -0.177. The molecule has 2 aromatic heterocycles. The molecule has 2 aliphatic heterocycles. The molecule has 2 fully saturated rings. The van der Waals surface area contributed by atoms with Crippen LogP contribution in [0.4, 0.5) is 13.6 Å². The summed E-state index contributed by atoms with van der Waals surface area (Å²) in [6, 6.07) is 4.28. The first-order valence-corrected chi connectivity index (χ1v) is 16.8. The second kappa shape index (κ2) is 12.6. The first kappa shape index (κ1) is 35.2. The molecule has 3 N–H and O–H groups in total. The summed E-state index contributed by atoms with van der Waals surface area (Å²) in [4.78, 5) is 35.5. The lowest BCUT2D eigenvalue weighted by Gasteiger charge is -2.47. The summed E-state index contributed by atoms with van der Waals surface area (Å²) in [7, 11) is 0. The molecule has 1 unspecified atom stereocenters. The van der Waals surface area contributed by atoms with Crippen molar-refractivity contribution in [1.29, 1.82) is 5.41 Å². The number of amides is 2. The van der Waals surface area contributed by atoms with Gasteiger partial charge in [0.15, 0.2) is 11.8 Å². The SMILES string of the molecule is CC(C)(C)C[C@]1(C2(C)C=CC(c3cnn(C(F)F)c3)=CC2)NC(=N)N([C@H](COC(=O)N2CC(C)(C)C2)c2ccc(Cl)c(-c3ncn[nH]3)c2)C1=O. The minimum absolute atomic E-state index is 0.00915. The van der Waals surface area contributed by atoms with Crippen molar-refractivity contribution >= 4 is 35.1 Å². The number of aromatic nitrogens is 5. The van der Waals surface area contributed by atoms with E-state index in [9.17, 15) is 19.0 Å². The molecule has 1 aliphatic carbocycles. The Balaban J connectivity index is 1.37. The molecule has 6 rings (SSSR count). The van der Waals surface area contributed by atoms with Crippen molar-refractivity contribution in [1.82, 2.24) is 40.1 Å². The van der Waals surface area contributed by atoms with Crippen molar-refractivity contribution < 1.29 is 23.1 Å². The van der Waals surface area contributed by atoms with Crippen molar-refractivity contribution in [3.8, 4) is 11.4 Å². The number of benzene rings is 1. The molecule has 0 saturated carbocycles. The van der Waals surface area contributed by atoms with Crippen molar-refractivity contribution in [2.45, 2.75) is 72.5 Å². The Hall–Kier alpha value is -4.59. The number of H-pyrrole nitrogens is 1. The molecule has 0 spiro atoms. The Kier molecular flexibility index (Phi) is 8.90. The number of alkyl halides is 2. The van der Waals surface area contributed by atoms with E-state index in [-0.39, 0.29) is 29.3 Å². The Morgan fingerprint density at radius 1 is 1.20 bits per heavy atom. The van der Waals surface area contributed by atoms with Gasteiger partial charge in [0.1, 0.15) is 18.5 Å². The standard InChI is InChI=1S/C35H42ClF2N9O3/c1-32(2,3)17-35(34(6)11-9-21(10-12-34)23-14-42-46(15-23)29(37)38)28(48)47(30(39)43-35)26(16-50-31(49)45-18-33(4,5)19-45)22-7-8-25(36)24(13-22)27-40-20-41-44-27/h7-11,13-15,20,26,29H,12,16-19H2,1-6H3,(H2,39,43)(H,40,41,44)/t26-,34?,35+/m1/s1. The predicted molar refractivity (Wildman–Crippen MR) is 184 cm³/mol. The van der Waals surface area contributed by atoms with Gasteiger partial charge in [0, 0.05) is 41.2 Å². The quantitative estimate of drug-likeness (QED) is 0.221. The van der Waals surface area contributed by atoms with Crippen molar-refractivity contribution in [3.63, 3.8) is 0 Å². The van der Waals surface area contributed by atoms with Gasteiger partial charge in [0.2, 0.25) is 0 Å². The number of hydrogen-bond acceptors (Lipinski definition) is 7. The number of carbonyl (C=O) groups is 2. The number of allylic oxidation sites excluding steroid dienone is 3. The van der Waals surface area contributed by atoms with E-state index < -0.39 is 29.6 Å². The summed E-state index contributed by atoms with van der Waals surface area (Å²) < 4.78 is 32.9. The molecule has 3 aliphatic rings. The minimum atomic E-state index is -2.76. The monoisotopic (exact) mass is 709 g/mol. The number of aromatic amines is 1. The number of nitrogens with zero attached hydrogens (tertiary/aromatic N) is 6. The molecular weight excluding hydrogens is 668 g/mol. The van der Waals surface area contributed by atoms with Crippen molar-refractivity contribution in [2.24, 2.45) is 16.2 Å². The summed E-state index contributed by atoms with van der Waals surface area (Å²) >= 11 is 6.57. The fraction of sp³-hybridized carbons (Fsp3) is 0.486. The lowest BCUT2D eigenvalue weighted by Crippen LogP contribution is -2.60. The number of guanidine groups is 1. The summed E-state index contributed by atoms with van der Waals surface area (Å²) in [5, 5.41) is 23.5. The van der Waals surface area contributed by atoms with E-state index in [0.717, 1.165) is 0 Å². The van der Waals surface area contributed by atoms with Gasteiger partial charge in [-0.15, -0.1) is 0 Å². The average molecular weight is 710 g/mol. The number of nitrogens with one attached hydrogen (secondary N) is 3. The minimum Gasteiger partial charge on any atom is -0.447 e. The van der Waals surface area contributed by atoms with Crippen LogP contribution in [0.1, 0.15) is 78.1 Å². The molecular formula is C35H42ClF2N9O3. The smallest absolute Gasteiger partial charge is 0.409 e. The zero-order valence-electron chi connectivity index (χ0n) is 28.9. The number of carbonyl (C=O) groups excluding carboxylic acids is 2. The zero-order valence-corrected chi connectivity index (χ0v) is 29.7. The third-order valence-corrected chi connectivity index (χ3v) is 9.99. The maximum absolute atomic E-state index is 15.1. The number of ether oxygens (including phenoxy) is 1. The van der Waals surface area contributed by atoms with E-state index in [1.165, 1.54) is 23.6 Å². The van der Waals surface area contributed by atoms with Crippen LogP contribution in [0.25, 0.3) is 17.0 Å². The first-order valence-electron chi connectivity index (χ1n) is 16.4. The van der Waals surface area contributed by atoms with E-state index in [0.29, 0.717) is 63.7 Å².